The van der Waals surface area contributed by atoms with Crippen molar-refractivity contribution in [2.75, 3.05) is 14.1 Å². The molecule has 1 heterocycles. The highest BCUT2D eigenvalue weighted by atomic mass is 79.9. The van der Waals surface area contributed by atoms with Gasteiger partial charge >= 0.3 is 0 Å². The zero-order chi connectivity index (χ0) is 13.3. The van der Waals surface area contributed by atoms with Gasteiger partial charge in [-0.3, -0.25) is 4.79 Å². The highest BCUT2D eigenvalue weighted by Gasteiger charge is 2.18. The van der Waals surface area contributed by atoms with E-state index in [2.05, 4.69) is 21.0 Å². The minimum atomic E-state index is -0.164. The summed E-state index contributed by atoms with van der Waals surface area (Å²) < 4.78 is 2.50. The second kappa shape index (κ2) is 5.12. The molecule has 1 aromatic heterocycles. The van der Waals surface area contributed by atoms with Gasteiger partial charge in [-0.25, -0.2) is 4.68 Å². The summed E-state index contributed by atoms with van der Waals surface area (Å²) in [6, 6.07) is 7.52. The predicted molar refractivity (Wildman–Crippen MR) is 74.3 cm³/mol. The van der Waals surface area contributed by atoms with Crippen LogP contribution in [0.4, 0.5) is 0 Å². The normalized spacial score (nSPS) is 10.4. The molecule has 0 radical (unpaired) electrons. The molecule has 4 nitrogen and oxygen atoms in total. The van der Waals surface area contributed by atoms with Crippen molar-refractivity contribution in [2.24, 2.45) is 0 Å². The molecule has 0 aliphatic heterocycles. The van der Waals surface area contributed by atoms with E-state index in [0.717, 1.165) is 10.2 Å². The lowest BCUT2D eigenvalue weighted by atomic mass is 10.3. The molecule has 6 heteroatoms. The Labute approximate surface area is 118 Å². The smallest absolute Gasteiger partial charge is 0.258 e. The molecular formula is C12H11BrClN3O. The van der Waals surface area contributed by atoms with Gasteiger partial charge in [-0.05, 0) is 24.3 Å². The zero-order valence-electron chi connectivity index (χ0n) is 9.89. The third-order valence-electron chi connectivity index (χ3n) is 2.42. The number of benzene rings is 1. The minimum Gasteiger partial charge on any atom is -0.345 e. The van der Waals surface area contributed by atoms with E-state index in [0.29, 0.717) is 10.7 Å². The van der Waals surface area contributed by atoms with E-state index in [1.165, 1.54) is 15.8 Å². The first-order valence-electron chi connectivity index (χ1n) is 5.22. The average molecular weight is 329 g/mol. The topological polar surface area (TPSA) is 38.1 Å². The Kier molecular flexibility index (Phi) is 3.73. The maximum Gasteiger partial charge on any atom is 0.258 e. The largest absolute Gasteiger partial charge is 0.345 e. The van der Waals surface area contributed by atoms with Gasteiger partial charge in [-0.1, -0.05) is 27.5 Å². The van der Waals surface area contributed by atoms with Crippen LogP contribution in [0.2, 0.25) is 5.15 Å². The maximum absolute atomic E-state index is 11.8. The van der Waals surface area contributed by atoms with Gasteiger partial charge in [-0.15, -0.1) is 0 Å². The Balaban J connectivity index is 2.42. The molecule has 0 spiro atoms. The molecule has 1 amide bonds. The van der Waals surface area contributed by atoms with Crippen LogP contribution in [0.3, 0.4) is 0 Å². The van der Waals surface area contributed by atoms with Gasteiger partial charge in [0.25, 0.3) is 5.91 Å². The fraction of sp³-hybridized carbons (Fsp3) is 0.167. The molecule has 0 saturated carbocycles. The van der Waals surface area contributed by atoms with Crippen LogP contribution >= 0.6 is 27.5 Å². The molecule has 0 N–H and O–H groups in total. The number of hydrogen-bond donors (Lipinski definition) is 0. The Bertz CT molecular complexity index is 578. The molecule has 2 rings (SSSR count). The summed E-state index contributed by atoms with van der Waals surface area (Å²) in [5.74, 6) is -0.164. The summed E-state index contributed by atoms with van der Waals surface area (Å²) in [6.07, 6.45) is 1.48. The van der Waals surface area contributed by atoms with Crippen LogP contribution in [-0.4, -0.2) is 34.7 Å². The highest BCUT2D eigenvalue weighted by Crippen LogP contribution is 2.22. The second-order valence-corrected chi connectivity index (χ2v) is 5.21. The zero-order valence-corrected chi connectivity index (χ0v) is 12.2. The van der Waals surface area contributed by atoms with Crippen molar-refractivity contribution in [1.29, 1.82) is 0 Å². The van der Waals surface area contributed by atoms with Crippen molar-refractivity contribution in [1.82, 2.24) is 14.7 Å². The van der Waals surface area contributed by atoms with Crippen molar-refractivity contribution < 1.29 is 4.79 Å². The van der Waals surface area contributed by atoms with Crippen molar-refractivity contribution >= 4 is 33.4 Å². The van der Waals surface area contributed by atoms with Crippen molar-refractivity contribution in [3.8, 4) is 5.69 Å². The van der Waals surface area contributed by atoms with Gasteiger partial charge in [0.05, 0.1) is 17.4 Å². The van der Waals surface area contributed by atoms with Gasteiger partial charge < -0.3 is 4.90 Å². The Morgan fingerprint density at radius 2 is 1.94 bits per heavy atom. The SMILES string of the molecule is CN(C)C(=O)c1cnn(-c2ccc(Br)cc2)c1Cl. The Morgan fingerprint density at radius 3 is 2.50 bits per heavy atom. The number of aromatic nitrogens is 2. The van der Waals surface area contributed by atoms with Crippen LogP contribution in [-0.2, 0) is 0 Å². The van der Waals surface area contributed by atoms with Crippen LogP contribution in [0, 0.1) is 0 Å². The molecule has 0 aliphatic carbocycles. The van der Waals surface area contributed by atoms with Crippen molar-refractivity contribution in [3.63, 3.8) is 0 Å². The van der Waals surface area contributed by atoms with Crippen LogP contribution in [0.15, 0.2) is 34.9 Å². The number of rotatable bonds is 2. The summed E-state index contributed by atoms with van der Waals surface area (Å²) in [7, 11) is 3.35. The van der Waals surface area contributed by atoms with Crippen LogP contribution < -0.4 is 0 Å². The molecule has 94 valence electrons. The van der Waals surface area contributed by atoms with E-state index in [-0.39, 0.29) is 5.91 Å². The summed E-state index contributed by atoms with van der Waals surface area (Å²) >= 11 is 9.54. The molecule has 0 bridgehead atoms. The molecule has 0 unspecified atom stereocenters. The minimum absolute atomic E-state index is 0.164. The lowest BCUT2D eigenvalue weighted by Crippen LogP contribution is -2.21. The summed E-state index contributed by atoms with van der Waals surface area (Å²) in [4.78, 5) is 13.3. The van der Waals surface area contributed by atoms with Gasteiger partial charge in [-0.2, -0.15) is 5.10 Å². The molecule has 18 heavy (non-hydrogen) atoms. The van der Waals surface area contributed by atoms with Crippen molar-refractivity contribution in [3.05, 3.63) is 45.7 Å². The van der Waals surface area contributed by atoms with Gasteiger partial charge in [0.1, 0.15) is 5.15 Å². The van der Waals surface area contributed by atoms with Gasteiger partial charge in [0, 0.05) is 18.6 Å². The number of carbonyl (C=O) groups is 1. The number of halogens is 2. The first-order chi connectivity index (χ1) is 8.50. The molecule has 2 aromatic rings. The average Bonchev–Trinajstić information content (AvgIpc) is 2.71. The van der Waals surface area contributed by atoms with E-state index in [1.54, 1.807) is 14.1 Å². The molecular weight excluding hydrogens is 318 g/mol. The molecule has 0 saturated heterocycles. The van der Waals surface area contributed by atoms with E-state index in [9.17, 15) is 4.79 Å². The van der Waals surface area contributed by atoms with E-state index < -0.39 is 0 Å². The number of nitrogens with zero attached hydrogens (tertiary/aromatic N) is 3. The molecule has 1 aromatic carbocycles. The third kappa shape index (κ3) is 2.42. The number of carbonyl (C=O) groups excluding carboxylic acids is 1. The lowest BCUT2D eigenvalue weighted by Gasteiger charge is -2.09. The summed E-state index contributed by atoms with van der Waals surface area (Å²) in [5.41, 5.74) is 1.20. The molecule has 0 fully saturated rings. The van der Waals surface area contributed by atoms with Gasteiger partial charge in [0.2, 0.25) is 0 Å². The third-order valence-corrected chi connectivity index (χ3v) is 3.31. The fourth-order valence-electron chi connectivity index (χ4n) is 1.48. The van der Waals surface area contributed by atoms with Gasteiger partial charge in [0.15, 0.2) is 0 Å². The predicted octanol–water partition coefficient (Wildman–Crippen LogP) is 2.99. The highest BCUT2D eigenvalue weighted by molar-refractivity contribution is 9.10. The van der Waals surface area contributed by atoms with Crippen LogP contribution in [0.1, 0.15) is 10.4 Å². The molecule has 0 atom stereocenters. The van der Waals surface area contributed by atoms with E-state index >= 15 is 0 Å². The van der Waals surface area contributed by atoms with Crippen molar-refractivity contribution in [2.45, 2.75) is 0 Å². The van der Waals surface area contributed by atoms with Crippen LogP contribution in [0.25, 0.3) is 5.69 Å². The first kappa shape index (κ1) is 13.1. The maximum atomic E-state index is 11.8. The first-order valence-corrected chi connectivity index (χ1v) is 6.39. The fourth-order valence-corrected chi connectivity index (χ4v) is 2.02. The standard InChI is InChI=1S/C12H11BrClN3O/c1-16(2)12(18)10-7-15-17(11(10)14)9-5-3-8(13)4-6-9/h3-7H,1-2H3. The summed E-state index contributed by atoms with van der Waals surface area (Å²) in [6.45, 7) is 0. The number of hydrogen-bond acceptors (Lipinski definition) is 2. The lowest BCUT2D eigenvalue weighted by molar-refractivity contribution is 0.0828. The Morgan fingerprint density at radius 1 is 1.33 bits per heavy atom. The summed E-state index contributed by atoms with van der Waals surface area (Å²) in [5, 5.41) is 4.46. The van der Waals surface area contributed by atoms with E-state index in [4.69, 9.17) is 11.6 Å². The van der Waals surface area contributed by atoms with Crippen LogP contribution in [0.5, 0.6) is 0 Å². The quantitative estimate of drug-likeness (QED) is 0.850. The number of amides is 1. The monoisotopic (exact) mass is 327 g/mol. The van der Waals surface area contributed by atoms with E-state index in [1.807, 2.05) is 24.3 Å². The second-order valence-electron chi connectivity index (χ2n) is 3.94. The Hall–Kier alpha value is -1.33. The molecule has 0 aliphatic rings.